The summed E-state index contributed by atoms with van der Waals surface area (Å²) < 4.78 is 91.5. The van der Waals surface area contributed by atoms with Gasteiger partial charge in [0.05, 0.1) is 11.1 Å². The van der Waals surface area contributed by atoms with Crippen molar-refractivity contribution in [3.8, 4) is 0 Å². The van der Waals surface area contributed by atoms with E-state index in [1.807, 2.05) is 0 Å². The molecule has 178 valence electrons. The van der Waals surface area contributed by atoms with Crippen LogP contribution in [0.3, 0.4) is 0 Å². The fourth-order valence-electron chi connectivity index (χ4n) is 3.66. The number of rotatable bonds is 11. The highest BCUT2D eigenvalue weighted by molar-refractivity contribution is 7.78. The second kappa shape index (κ2) is 11.4. The number of benzene rings is 2. The van der Waals surface area contributed by atoms with Crippen LogP contribution in [0, 0.1) is 0 Å². The predicted molar refractivity (Wildman–Crippen MR) is 117 cm³/mol. The zero-order chi connectivity index (χ0) is 23.8. The van der Waals surface area contributed by atoms with E-state index in [2.05, 4.69) is 6.92 Å². The van der Waals surface area contributed by atoms with E-state index in [4.69, 9.17) is 0 Å². The van der Waals surface area contributed by atoms with Crippen LogP contribution in [0.2, 0.25) is 0 Å². The van der Waals surface area contributed by atoms with Crippen molar-refractivity contribution in [3.63, 3.8) is 0 Å². The first-order chi connectivity index (χ1) is 15.0. The molecule has 0 N–H and O–H groups in total. The average Bonchev–Trinajstić information content (AvgIpc) is 2.74. The maximum Gasteiger partial charge on any atom is 0.416 e. The molecule has 0 bridgehead atoms. The minimum Gasteiger partial charge on any atom is -0.314 e. The van der Waals surface area contributed by atoms with Gasteiger partial charge in [0, 0.05) is 16.8 Å². The molecule has 0 unspecified atom stereocenters. The lowest BCUT2D eigenvalue weighted by Crippen LogP contribution is -2.20. The second-order valence-corrected chi connectivity index (χ2v) is 11.0. The molecule has 0 aliphatic rings. The van der Waals surface area contributed by atoms with Crippen LogP contribution < -0.4 is 10.6 Å². The molecule has 0 saturated heterocycles. The lowest BCUT2D eigenvalue weighted by molar-refractivity contribution is -0.138. The molecule has 0 heterocycles. The zero-order valence-electron chi connectivity index (χ0n) is 18.1. The van der Waals surface area contributed by atoms with Crippen molar-refractivity contribution < 1.29 is 30.9 Å². The van der Waals surface area contributed by atoms with E-state index >= 15 is 0 Å². The van der Waals surface area contributed by atoms with Crippen molar-refractivity contribution in [1.82, 2.24) is 0 Å². The Bertz CT molecular complexity index is 808. The smallest absolute Gasteiger partial charge is 0.314 e. The van der Waals surface area contributed by atoms with Gasteiger partial charge in [-0.25, -0.2) is 0 Å². The van der Waals surface area contributed by atoms with Crippen LogP contribution in [-0.4, -0.2) is 6.16 Å². The van der Waals surface area contributed by atoms with Gasteiger partial charge in [-0.15, -0.1) is 0 Å². The fourth-order valence-corrected chi connectivity index (χ4v) is 6.40. The summed E-state index contributed by atoms with van der Waals surface area (Å²) in [4.78, 5) is 0. The SMILES string of the molecule is CCCCCCCCCCP(=O)(c1ccc(C(F)(F)F)cc1)c1ccc(C(F)(F)F)cc1. The van der Waals surface area contributed by atoms with E-state index in [9.17, 15) is 30.9 Å². The van der Waals surface area contributed by atoms with Crippen LogP contribution in [-0.2, 0) is 16.9 Å². The molecule has 0 atom stereocenters. The molecule has 0 saturated carbocycles. The second-order valence-electron chi connectivity index (χ2n) is 8.03. The molecule has 32 heavy (non-hydrogen) atoms. The van der Waals surface area contributed by atoms with Gasteiger partial charge in [0.1, 0.15) is 7.14 Å². The maximum absolute atomic E-state index is 13.9. The highest BCUT2D eigenvalue weighted by atomic mass is 31.2. The Labute approximate surface area is 185 Å². The first-order valence-electron chi connectivity index (χ1n) is 10.9. The van der Waals surface area contributed by atoms with E-state index in [-0.39, 0.29) is 16.8 Å². The van der Waals surface area contributed by atoms with E-state index in [1.54, 1.807) is 0 Å². The summed E-state index contributed by atoms with van der Waals surface area (Å²) in [6.07, 6.45) is -0.753. The van der Waals surface area contributed by atoms with Crippen molar-refractivity contribution in [1.29, 1.82) is 0 Å². The normalized spacial score (nSPS) is 12.8. The summed E-state index contributed by atoms with van der Waals surface area (Å²) in [5.74, 6) is 0. The summed E-state index contributed by atoms with van der Waals surface area (Å²) >= 11 is 0. The lowest BCUT2D eigenvalue weighted by Gasteiger charge is -2.21. The molecule has 0 aliphatic heterocycles. The van der Waals surface area contributed by atoms with Crippen LogP contribution in [0.5, 0.6) is 0 Å². The van der Waals surface area contributed by atoms with Crippen molar-refractivity contribution in [2.45, 2.75) is 70.6 Å². The van der Waals surface area contributed by atoms with Crippen molar-refractivity contribution in [2.75, 3.05) is 6.16 Å². The molecule has 0 aliphatic carbocycles. The molecule has 0 spiro atoms. The van der Waals surface area contributed by atoms with E-state index in [1.165, 1.54) is 37.1 Å². The lowest BCUT2D eigenvalue weighted by atomic mass is 10.1. The average molecular weight is 478 g/mol. The van der Waals surface area contributed by atoms with E-state index < -0.39 is 30.6 Å². The molecule has 0 aromatic heterocycles. The van der Waals surface area contributed by atoms with Gasteiger partial charge in [-0.1, -0.05) is 76.1 Å². The quantitative estimate of drug-likeness (QED) is 0.181. The van der Waals surface area contributed by atoms with E-state index in [0.717, 1.165) is 56.4 Å². The van der Waals surface area contributed by atoms with Gasteiger partial charge in [-0.2, -0.15) is 26.3 Å². The van der Waals surface area contributed by atoms with Gasteiger partial charge < -0.3 is 4.57 Å². The molecular formula is C24H29F6OP. The van der Waals surface area contributed by atoms with Crippen LogP contribution in [0.15, 0.2) is 48.5 Å². The summed E-state index contributed by atoms with van der Waals surface area (Å²) in [6, 6.07) is 8.25. The molecule has 2 aromatic carbocycles. The molecular weight excluding hydrogens is 449 g/mol. The summed E-state index contributed by atoms with van der Waals surface area (Å²) in [7, 11) is -3.37. The number of hydrogen-bond donors (Lipinski definition) is 0. The number of halogens is 6. The molecule has 1 nitrogen and oxygen atoms in total. The minimum atomic E-state index is -4.52. The first-order valence-corrected chi connectivity index (χ1v) is 12.8. The standard InChI is InChI=1S/C24H29F6OP/c1-2-3-4-5-6-7-8-9-18-32(31,21-14-10-19(11-15-21)23(25,26)27)22-16-12-20(13-17-22)24(28,29)30/h10-17H,2-9,18H2,1H3. The van der Waals surface area contributed by atoms with Crippen molar-refractivity contribution >= 4 is 17.8 Å². The van der Waals surface area contributed by atoms with Crippen LogP contribution in [0.1, 0.15) is 69.4 Å². The molecule has 2 rings (SSSR count). The number of unbranched alkanes of at least 4 members (excludes halogenated alkanes) is 7. The van der Waals surface area contributed by atoms with Crippen LogP contribution in [0.25, 0.3) is 0 Å². The Morgan fingerprint density at radius 3 is 1.28 bits per heavy atom. The predicted octanol–water partition coefficient (Wildman–Crippen LogP) is 8.18. The number of hydrogen-bond acceptors (Lipinski definition) is 1. The molecule has 0 amide bonds. The Morgan fingerprint density at radius 1 is 0.594 bits per heavy atom. The highest BCUT2D eigenvalue weighted by Gasteiger charge is 2.34. The van der Waals surface area contributed by atoms with Crippen molar-refractivity contribution in [2.24, 2.45) is 0 Å². The van der Waals surface area contributed by atoms with E-state index in [0.29, 0.717) is 6.42 Å². The van der Waals surface area contributed by atoms with Gasteiger partial charge in [0.15, 0.2) is 0 Å². The topological polar surface area (TPSA) is 17.1 Å². The van der Waals surface area contributed by atoms with Gasteiger partial charge in [-0.05, 0) is 30.7 Å². The van der Waals surface area contributed by atoms with Gasteiger partial charge >= 0.3 is 12.4 Å². The van der Waals surface area contributed by atoms with Gasteiger partial charge in [0.2, 0.25) is 0 Å². The van der Waals surface area contributed by atoms with Crippen molar-refractivity contribution in [3.05, 3.63) is 59.7 Å². The third-order valence-electron chi connectivity index (χ3n) is 5.55. The molecule has 2 aromatic rings. The van der Waals surface area contributed by atoms with Crippen LogP contribution >= 0.6 is 7.14 Å². The fraction of sp³-hybridized carbons (Fsp3) is 0.500. The summed E-state index contributed by atoms with van der Waals surface area (Å²) in [6.45, 7) is 2.14. The Balaban J connectivity index is 2.20. The largest absolute Gasteiger partial charge is 0.416 e. The Kier molecular flexibility index (Phi) is 9.44. The zero-order valence-corrected chi connectivity index (χ0v) is 19.0. The molecule has 8 heteroatoms. The maximum atomic E-state index is 13.9. The van der Waals surface area contributed by atoms with Gasteiger partial charge in [-0.3, -0.25) is 0 Å². The summed E-state index contributed by atoms with van der Waals surface area (Å²) in [5, 5.41) is 0.460. The third kappa shape index (κ3) is 7.40. The van der Waals surface area contributed by atoms with Gasteiger partial charge in [0.25, 0.3) is 0 Å². The van der Waals surface area contributed by atoms with Crippen LogP contribution in [0.4, 0.5) is 26.3 Å². The first kappa shape index (κ1) is 26.5. The third-order valence-corrected chi connectivity index (χ3v) is 8.76. The monoisotopic (exact) mass is 478 g/mol. The Morgan fingerprint density at radius 2 is 0.938 bits per heavy atom. The Hall–Kier alpha value is -1.75. The minimum absolute atomic E-state index is 0.207. The molecule has 0 radical (unpaired) electrons. The molecule has 0 fully saturated rings. The highest BCUT2D eigenvalue weighted by Crippen LogP contribution is 2.45. The number of alkyl halides is 6. The summed E-state index contributed by atoms with van der Waals surface area (Å²) in [5.41, 5.74) is -1.71.